The molecule has 0 aliphatic carbocycles. The summed E-state index contributed by atoms with van der Waals surface area (Å²) in [5.74, 6) is -0.135. The van der Waals surface area contributed by atoms with E-state index in [4.69, 9.17) is 5.73 Å². The number of benzene rings is 2. The van der Waals surface area contributed by atoms with Crippen LogP contribution in [0.4, 0.5) is 10.1 Å². The topological polar surface area (TPSA) is 29.3 Å². The van der Waals surface area contributed by atoms with Crippen LogP contribution in [-0.2, 0) is 6.54 Å². The van der Waals surface area contributed by atoms with E-state index in [1.165, 1.54) is 6.07 Å². The highest BCUT2D eigenvalue weighted by Crippen LogP contribution is 2.37. The van der Waals surface area contributed by atoms with E-state index in [0.717, 1.165) is 16.8 Å². The number of hydrogen-bond donors (Lipinski definition) is 1. The van der Waals surface area contributed by atoms with E-state index in [1.54, 1.807) is 6.07 Å². The van der Waals surface area contributed by atoms with E-state index < -0.39 is 0 Å². The quantitative estimate of drug-likeness (QED) is 0.877. The van der Waals surface area contributed by atoms with Gasteiger partial charge in [0, 0.05) is 24.3 Å². The van der Waals surface area contributed by atoms with Crippen molar-refractivity contribution in [2.24, 2.45) is 5.73 Å². The third kappa shape index (κ3) is 1.68. The number of rotatable bonds is 2. The zero-order chi connectivity index (χ0) is 12.5. The van der Waals surface area contributed by atoms with Crippen molar-refractivity contribution in [3.63, 3.8) is 0 Å². The molecule has 3 rings (SSSR count). The lowest BCUT2D eigenvalue weighted by Crippen LogP contribution is -2.27. The van der Waals surface area contributed by atoms with E-state index in [9.17, 15) is 4.39 Å². The zero-order valence-corrected chi connectivity index (χ0v) is 10.0. The highest BCUT2D eigenvalue weighted by molar-refractivity contribution is 5.54. The van der Waals surface area contributed by atoms with Crippen molar-refractivity contribution in [2.45, 2.75) is 12.6 Å². The summed E-state index contributed by atoms with van der Waals surface area (Å²) in [5.41, 5.74) is 8.74. The molecular weight excluding hydrogens is 227 g/mol. The average Bonchev–Trinajstić information content (AvgIpc) is 2.80. The van der Waals surface area contributed by atoms with Crippen molar-refractivity contribution in [1.29, 1.82) is 0 Å². The smallest absolute Gasteiger partial charge is 0.128 e. The predicted octanol–water partition coefficient (Wildman–Crippen LogP) is 2.85. The van der Waals surface area contributed by atoms with Crippen molar-refractivity contribution in [2.75, 3.05) is 11.4 Å². The fraction of sp³-hybridized carbons (Fsp3) is 0.200. The van der Waals surface area contributed by atoms with Crippen molar-refractivity contribution in [1.82, 2.24) is 0 Å². The molecule has 0 radical (unpaired) electrons. The van der Waals surface area contributed by atoms with Crippen LogP contribution in [0.1, 0.15) is 17.2 Å². The van der Waals surface area contributed by atoms with Gasteiger partial charge >= 0.3 is 0 Å². The second kappa shape index (κ2) is 4.42. The Kier molecular flexibility index (Phi) is 2.76. The standard InChI is InChI=1S/C15H15FN2/c16-14-8-4-7-12-13(14)10-18(15(12)9-17)11-5-2-1-3-6-11/h1-8,15H,9-10,17H2. The van der Waals surface area contributed by atoms with Crippen molar-refractivity contribution in [3.8, 4) is 0 Å². The number of nitrogens with zero attached hydrogens (tertiary/aromatic N) is 1. The molecule has 18 heavy (non-hydrogen) atoms. The maximum Gasteiger partial charge on any atom is 0.128 e. The average molecular weight is 242 g/mol. The Labute approximate surface area is 106 Å². The molecule has 2 aromatic rings. The molecule has 1 heterocycles. The first-order chi connectivity index (χ1) is 8.81. The number of fused-ring (bicyclic) bond motifs is 1. The summed E-state index contributed by atoms with van der Waals surface area (Å²) >= 11 is 0. The maximum atomic E-state index is 13.8. The third-order valence-electron chi connectivity index (χ3n) is 3.53. The van der Waals surface area contributed by atoms with Crippen LogP contribution in [0.3, 0.4) is 0 Å². The van der Waals surface area contributed by atoms with Gasteiger partial charge in [-0.1, -0.05) is 30.3 Å². The first-order valence-electron chi connectivity index (χ1n) is 6.10. The van der Waals surface area contributed by atoms with Gasteiger partial charge in [0.05, 0.1) is 6.04 Å². The molecule has 2 N–H and O–H groups in total. The van der Waals surface area contributed by atoms with Gasteiger partial charge in [0.1, 0.15) is 5.82 Å². The van der Waals surface area contributed by atoms with E-state index >= 15 is 0 Å². The minimum atomic E-state index is -0.135. The van der Waals surface area contributed by atoms with Crippen molar-refractivity contribution < 1.29 is 4.39 Å². The number of para-hydroxylation sites is 1. The molecule has 0 saturated heterocycles. The Hall–Kier alpha value is -1.87. The molecule has 0 aromatic heterocycles. The van der Waals surface area contributed by atoms with Crippen LogP contribution < -0.4 is 10.6 Å². The summed E-state index contributed by atoms with van der Waals surface area (Å²) in [7, 11) is 0. The van der Waals surface area contributed by atoms with E-state index in [-0.39, 0.29) is 11.9 Å². The molecule has 0 spiro atoms. The summed E-state index contributed by atoms with van der Waals surface area (Å²) < 4.78 is 13.8. The molecule has 92 valence electrons. The van der Waals surface area contributed by atoms with Gasteiger partial charge in [-0.3, -0.25) is 0 Å². The molecule has 3 heteroatoms. The van der Waals surface area contributed by atoms with Crippen molar-refractivity contribution in [3.05, 3.63) is 65.5 Å². The Bertz CT molecular complexity index is 554. The second-order valence-electron chi connectivity index (χ2n) is 4.52. The Morgan fingerprint density at radius 2 is 1.89 bits per heavy atom. The largest absolute Gasteiger partial charge is 0.359 e. The van der Waals surface area contributed by atoms with E-state index in [2.05, 4.69) is 4.90 Å². The lowest BCUT2D eigenvalue weighted by atomic mass is 10.0. The SMILES string of the molecule is NCC1c2cccc(F)c2CN1c1ccccc1. The van der Waals surface area contributed by atoms with Crippen LogP contribution in [-0.4, -0.2) is 6.54 Å². The van der Waals surface area contributed by atoms with Crippen LogP contribution in [0.25, 0.3) is 0 Å². The Morgan fingerprint density at radius 1 is 1.11 bits per heavy atom. The normalized spacial score (nSPS) is 17.9. The first-order valence-corrected chi connectivity index (χ1v) is 6.10. The monoisotopic (exact) mass is 242 g/mol. The van der Waals surface area contributed by atoms with Gasteiger partial charge in [0.25, 0.3) is 0 Å². The molecule has 2 nitrogen and oxygen atoms in total. The third-order valence-corrected chi connectivity index (χ3v) is 3.53. The molecular formula is C15H15FN2. The van der Waals surface area contributed by atoms with Crippen LogP contribution in [0.15, 0.2) is 48.5 Å². The zero-order valence-electron chi connectivity index (χ0n) is 10.0. The van der Waals surface area contributed by atoms with Gasteiger partial charge in [-0.05, 0) is 23.8 Å². The van der Waals surface area contributed by atoms with Gasteiger partial charge in [0.2, 0.25) is 0 Å². The number of hydrogen-bond acceptors (Lipinski definition) is 2. The molecule has 1 atom stereocenters. The number of anilines is 1. The van der Waals surface area contributed by atoms with Gasteiger partial charge < -0.3 is 10.6 Å². The summed E-state index contributed by atoms with van der Waals surface area (Å²) in [6, 6.07) is 15.3. The summed E-state index contributed by atoms with van der Waals surface area (Å²) in [4.78, 5) is 2.16. The van der Waals surface area contributed by atoms with E-state index in [0.29, 0.717) is 13.1 Å². The Balaban J connectivity index is 2.04. The second-order valence-corrected chi connectivity index (χ2v) is 4.52. The van der Waals surface area contributed by atoms with Crippen LogP contribution >= 0.6 is 0 Å². The molecule has 0 fully saturated rings. The molecule has 1 aliphatic heterocycles. The summed E-state index contributed by atoms with van der Waals surface area (Å²) in [5, 5.41) is 0. The lowest BCUT2D eigenvalue weighted by Gasteiger charge is -2.26. The molecule has 2 aromatic carbocycles. The van der Waals surface area contributed by atoms with Gasteiger partial charge in [-0.2, -0.15) is 0 Å². The van der Waals surface area contributed by atoms with E-state index in [1.807, 2.05) is 36.4 Å². The maximum absolute atomic E-state index is 13.8. The highest BCUT2D eigenvalue weighted by atomic mass is 19.1. The molecule has 0 saturated carbocycles. The number of nitrogens with two attached hydrogens (primary N) is 1. The molecule has 0 bridgehead atoms. The summed E-state index contributed by atoms with van der Waals surface area (Å²) in [6.07, 6.45) is 0. The molecule has 1 aliphatic rings. The first kappa shape index (κ1) is 11.2. The summed E-state index contributed by atoms with van der Waals surface area (Å²) in [6.45, 7) is 1.08. The van der Waals surface area contributed by atoms with Crippen LogP contribution in [0, 0.1) is 5.82 Å². The van der Waals surface area contributed by atoms with Crippen LogP contribution in [0.2, 0.25) is 0 Å². The van der Waals surface area contributed by atoms with Crippen LogP contribution in [0.5, 0.6) is 0 Å². The minimum Gasteiger partial charge on any atom is -0.359 e. The Morgan fingerprint density at radius 3 is 2.61 bits per heavy atom. The lowest BCUT2D eigenvalue weighted by molar-refractivity contribution is 0.612. The molecule has 0 amide bonds. The number of halogens is 1. The molecule has 1 unspecified atom stereocenters. The fourth-order valence-corrected chi connectivity index (χ4v) is 2.65. The van der Waals surface area contributed by atoms with Crippen molar-refractivity contribution >= 4 is 5.69 Å². The van der Waals surface area contributed by atoms with Gasteiger partial charge in [-0.25, -0.2) is 4.39 Å². The minimum absolute atomic E-state index is 0.0677. The van der Waals surface area contributed by atoms with Gasteiger partial charge in [0.15, 0.2) is 0 Å². The van der Waals surface area contributed by atoms with Gasteiger partial charge in [-0.15, -0.1) is 0 Å². The fourth-order valence-electron chi connectivity index (χ4n) is 2.65. The highest BCUT2D eigenvalue weighted by Gasteiger charge is 2.30. The predicted molar refractivity (Wildman–Crippen MR) is 70.8 cm³/mol.